The minimum absolute atomic E-state index is 0.327. The maximum absolute atomic E-state index is 11.5. The number of carboxylic acid groups (broad SMARTS) is 1. The summed E-state index contributed by atoms with van der Waals surface area (Å²) in [4.78, 5) is 13.6. The quantitative estimate of drug-likeness (QED) is 0.894. The molecule has 0 bridgehead atoms. The molecule has 2 rings (SSSR count). The smallest absolute Gasteiger partial charge is 0.325 e. The summed E-state index contributed by atoms with van der Waals surface area (Å²) in [7, 11) is 0. The van der Waals surface area contributed by atoms with Crippen molar-refractivity contribution in [3.05, 3.63) is 34.3 Å². The van der Waals surface area contributed by atoms with E-state index in [4.69, 9.17) is 0 Å². The largest absolute Gasteiger partial charge is 0.480 e. The van der Waals surface area contributed by atoms with Crippen molar-refractivity contribution in [2.45, 2.75) is 19.0 Å². The molecule has 1 aromatic carbocycles. The van der Waals surface area contributed by atoms with Crippen LogP contribution in [0, 0.1) is 0 Å². The molecule has 4 nitrogen and oxygen atoms in total. The van der Waals surface area contributed by atoms with E-state index >= 15 is 0 Å². The van der Waals surface area contributed by atoms with Gasteiger partial charge in [0.1, 0.15) is 6.04 Å². The number of nitrogens with one attached hydrogen (secondary N) is 1. The number of carboxylic acids is 1. The highest BCUT2D eigenvalue weighted by Crippen LogP contribution is 2.25. The first-order valence-electron chi connectivity index (χ1n) is 6.03. The van der Waals surface area contributed by atoms with E-state index in [1.807, 2.05) is 29.2 Å². The molecule has 0 spiro atoms. The van der Waals surface area contributed by atoms with Gasteiger partial charge in [-0.3, -0.25) is 9.69 Å². The molecular weight excluding hydrogens is 296 g/mol. The molecule has 1 saturated heterocycles. The van der Waals surface area contributed by atoms with Crippen molar-refractivity contribution in [2.75, 3.05) is 19.6 Å². The summed E-state index contributed by atoms with van der Waals surface area (Å²) in [6.45, 7) is 4.42. The van der Waals surface area contributed by atoms with Crippen LogP contribution in [0.15, 0.2) is 28.7 Å². The van der Waals surface area contributed by atoms with E-state index in [1.54, 1.807) is 0 Å². The molecule has 1 aliphatic rings. The van der Waals surface area contributed by atoms with Gasteiger partial charge in [0.2, 0.25) is 0 Å². The number of hydrogen-bond donors (Lipinski definition) is 2. The number of hydrogen-bond acceptors (Lipinski definition) is 3. The van der Waals surface area contributed by atoms with Gasteiger partial charge in [0.15, 0.2) is 0 Å². The maximum atomic E-state index is 11.5. The Morgan fingerprint density at radius 1 is 1.61 bits per heavy atom. The summed E-state index contributed by atoms with van der Waals surface area (Å²) < 4.78 is 0.912. The molecule has 1 heterocycles. The van der Waals surface area contributed by atoms with E-state index in [2.05, 4.69) is 28.2 Å². The minimum atomic E-state index is -0.790. The Kier molecular flexibility index (Phi) is 4.37. The predicted octanol–water partition coefficient (Wildman–Crippen LogP) is 1.87. The second-order valence-corrected chi connectivity index (χ2v) is 5.56. The molecule has 1 fully saturated rings. The minimum Gasteiger partial charge on any atom is -0.480 e. The van der Waals surface area contributed by atoms with E-state index in [1.165, 1.54) is 0 Å². The van der Waals surface area contributed by atoms with Crippen LogP contribution in [0.5, 0.6) is 0 Å². The monoisotopic (exact) mass is 312 g/mol. The van der Waals surface area contributed by atoms with Gasteiger partial charge < -0.3 is 10.4 Å². The van der Waals surface area contributed by atoms with Crippen LogP contribution < -0.4 is 5.32 Å². The second kappa shape index (κ2) is 5.82. The zero-order valence-corrected chi connectivity index (χ0v) is 11.9. The number of rotatable bonds is 3. The molecule has 1 aromatic rings. The van der Waals surface area contributed by atoms with Crippen molar-refractivity contribution in [2.24, 2.45) is 0 Å². The van der Waals surface area contributed by atoms with Gasteiger partial charge in [-0.15, -0.1) is 0 Å². The number of halogens is 1. The molecule has 18 heavy (non-hydrogen) atoms. The SMILES string of the molecule is CC1CN(C(C(=O)O)c2cccc(Br)c2)CCN1. The van der Waals surface area contributed by atoms with Crippen LogP contribution >= 0.6 is 15.9 Å². The number of piperazine rings is 1. The molecule has 5 heteroatoms. The Bertz CT molecular complexity index is 439. The molecule has 98 valence electrons. The van der Waals surface area contributed by atoms with Crippen LogP contribution in [0.4, 0.5) is 0 Å². The van der Waals surface area contributed by atoms with Crippen LogP contribution in [0.25, 0.3) is 0 Å². The zero-order valence-electron chi connectivity index (χ0n) is 10.3. The number of benzene rings is 1. The average Bonchev–Trinajstić information content (AvgIpc) is 2.28. The van der Waals surface area contributed by atoms with Crippen molar-refractivity contribution >= 4 is 21.9 Å². The van der Waals surface area contributed by atoms with Gasteiger partial charge in [0.25, 0.3) is 0 Å². The lowest BCUT2D eigenvalue weighted by Gasteiger charge is -2.36. The van der Waals surface area contributed by atoms with Crippen molar-refractivity contribution < 1.29 is 9.90 Å². The molecule has 2 N–H and O–H groups in total. The van der Waals surface area contributed by atoms with Crippen LogP contribution in [0.2, 0.25) is 0 Å². The maximum Gasteiger partial charge on any atom is 0.325 e. The van der Waals surface area contributed by atoms with Crippen LogP contribution in [0.1, 0.15) is 18.5 Å². The molecular formula is C13H17BrN2O2. The summed E-state index contributed by atoms with van der Waals surface area (Å²) in [5, 5.41) is 12.8. The fraction of sp³-hybridized carbons (Fsp3) is 0.462. The van der Waals surface area contributed by atoms with Crippen molar-refractivity contribution in [1.82, 2.24) is 10.2 Å². The predicted molar refractivity (Wildman–Crippen MR) is 73.6 cm³/mol. The molecule has 1 aliphatic heterocycles. The number of aliphatic carboxylic acids is 1. The summed E-state index contributed by atoms with van der Waals surface area (Å²) in [6, 6.07) is 7.30. The topological polar surface area (TPSA) is 52.6 Å². The normalized spacial score (nSPS) is 22.7. The molecule has 2 unspecified atom stereocenters. The summed E-state index contributed by atoms with van der Waals surface area (Å²) in [5.41, 5.74) is 0.825. The highest BCUT2D eigenvalue weighted by molar-refractivity contribution is 9.10. The standard InChI is InChI=1S/C13H17BrN2O2/c1-9-8-16(6-5-15-9)12(13(17)18)10-3-2-4-11(14)7-10/h2-4,7,9,12,15H,5-6,8H2,1H3,(H,17,18). The first-order valence-corrected chi connectivity index (χ1v) is 6.83. The zero-order chi connectivity index (χ0) is 13.1. The second-order valence-electron chi connectivity index (χ2n) is 4.65. The van der Waals surface area contributed by atoms with Gasteiger partial charge >= 0.3 is 5.97 Å². The molecule has 0 aliphatic carbocycles. The highest BCUT2D eigenvalue weighted by Gasteiger charge is 2.30. The van der Waals surface area contributed by atoms with Gasteiger partial charge in [0, 0.05) is 30.1 Å². The van der Waals surface area contributed by atoms with Crippen molar-refractivity contribution in [3.63, 3.8) is 0 Å². The Morgan fingerprint density at radius 3 is 3.00 bits per heavy atom. The van der Waals surface area contributed by atoms with E-state index < -0.39 is 12.0 Å². The van der Waals surface area contributed by atoms with Crippen molar-refractivity contribution in [1.29, 1.82) is 0 Å². The summed E-state index contributed by atoms with van der Waals surface area (Å²) in [5.74, 6) is -0.790. The van der Waals surface area contributed by atoms with E-state index in [0.717, 1.165) is 29.7 Å². The van der Waals surface area contributed by atoms with Gasteiger partial charge in [0.05, 0.1) is 0 Å². The lowest BCUT2D eigenvalue weighted by Crippen LogP contribution is -2.51. The van der Waals surface area contributed by atoms with Crippen molar-refractivity contribution in [3.8, 4) is 0 Å². The van der Waals surface area contributed by atoms with Gasteiger partial charge in [-0.25, -0.2) is 0 Å². The third kappa shape index (κ3) is 3.10. The molecule has 0 amide bonds. The molecule has 2 atom stereocenters. The van der Waals surface area contributed by atoms with Crippen LogP contribution in [-0.2, 0) is 4.79 Å². The summed E-state index contributed by atoms with van der Waals surface area (Å²) in [6.07, 6.45) is 0. The van der Waals surface area contributed by atoms with Gasteiger partial charge in [-0.05, 0) is 24.6 Å². The van der Waals surface area contributed by atoms with E-state index in [-0.39, 0.29) is 0 Å². The Labute approximate surface area is 115 Å². The molecule has 0 radical (unpaired) electrons. The van der Waals surface area contributed by atoms with Gasteiger partial charge in [-0.1, -0.05) is 28.1 Å². The average molecular weight is 313 g/mol. The third-order valence-electron chi connectivity index (χ3n) is 3.16. The van der Waals surface area contributed by atoms with Crippen LogP contribution in [-0.4, -0.2) is 41.7 Å². The first kappa shape index (κ1) is 13.5. The third-order valence-corrected chi connectivity index (χ3v) is 3.66. The Hall–Kier alpha value is -0.910. The first-order chi connectivity index (χ1) is 8.58. The molecule has 0 aromatic heterocycles. The Morgan fingerprint density at radius 2 is 2.39 bits per heavy atom. The lowest BCUT2D eigenvalue weighted by molar-refractivity contribution is -0.144. The molecule has 0 saturated carbocycles. The highest BCUT2D eigenvalue weighted by atomic mass is 79.9. The number of carbonyl (C=O) groups is 1. The fourth-order valence-electron chi connectivity index (χ4n) is 2.38. The van der Waals surface area contributed by atoms with E-state index in [9.17, 15) is 9.90 Å². The number of nitrogens with zero attached hydrogens (tertiary/aromatic N) is 1. The lowest BCUT2D eigenvalue weighted by atomic mass is 10.0. The Balaban J connectivity index is 2.25. The fourth-order valence-corrected chi connectivity index (χ4v) is 2.80. The summed E-state index contributed by atoms with van der Waals surface area (Å²) >= 11 is 3.39. The van der Waals surface area contributed by atoms with E-state index in [0.29, 0.717) is 6.04 Å². The van der Waals surface area contributed by atoms with Gasteiger partial charge in [-0.2, -0.15) is 0 Å². The van der Waals surface area contributed by atoms with Crippen LogP contribution in [0.3, 0.4) is 0 Å².